The van der Waals surface area contributed by atoms with E-state index in [0.29, 0.717) is 46.8 Å². The Morgan fingerprint density at radius 1 is 1.36 bits per heavy atom. The zero-order valence-corrected chi connectivity index (χ0v) is 16.4. The first-order chi connectivity index (χ1) is 13.3. The SMILES string of the molecule is C=CCN(Cc1nc2scc(-c3ccccc3F)c2c(=O)[nH]1)CC(C)(O)C=C. The molecule has 2 heterocycles. The van der Waals surface area contributed by atoms with Gasteiger partial charge in [-0.1, -0.05) is 30.4 Å². The van der Waals surface area contributed by atoms with Crippen LogP contribution >= 0.6 is 11.3 Å². The van der Waals surface area contributed by atoms with E-state index in [0.717, 1.165) is 0 Å². The number of rotatable bonds is 8. The lowest BCUT2D eigenvalue weighted by atomic mass is 10.1. The second-order valence-corrected chi connectivity index (χ2v) is 7.70. The number of hydrogen-bond acceptors (Lipinski definition) is 5. The molecule has 0 bridgehead atoms. The van der Waals surface area contributed by atoms with E-state index in [2.05, 4.69) is 23.1 Å². The first kappa shape index (κ1) is 20.1. The second-order valence-electron chi connectivity index (χ2n) is 6.84. The van der Waals surface area contributed by atoms with Gasteiger partial charge in [0.15, 0.2) is 0 Å². The monoisotopic (exact) mass is 399 g/mol. The van der Waals surface area contributed by atoms with Crippen LogP contribution in [0.2, 0.25) is 0 Å². The molecule has 3 aromatic rings. The van der Waals surface area contributed by atoms with Gasteiger partial charge >= 0.3 is 0 Å². The Balaban J connectivity index is 1.96. The minimum atomic E-state index is -1.08. The van der Waals surface area contributed by atoms with Crippen LogP contribution in [0.25, 0.3) is 21.3 Å². The van der Waals surface area contributed by atoms with Gasteiger partial charge in [-0.25, -0.2) is 9.37 Å². The molecule has 2 N–H and O–H groups in total. The summed E-state index contributed by atoms with van der Waals surface area (Å²) >= 11 is 1.30. The number of aromatic nitrogens is 2. The topological polar surface area (TPSA) is 69.2 Å². The molecule has 0 amide bonds. The molecule has 5 nitrogen and oxygen atoms in total. The molecular formula is C21H22FN3O2S. The van der Waals surface area contributed by atoms with Gasteiger partial charge in [0.25, 0.3) is 5.56 Å². The molecule has 1 aromatic carbocycles. The smallest absolute Gasteiger partial charge is 0.260 e. The second kappa shape index (κ2) is 8.18. The van der Waals surface area contributed by atoms with E-state index < -0.39 is 5.60 Å². The van der Waals surface area contributed by atoms with Crippen LogP contribution in [0.4, 0.5) is 4.39 Å². The normalized spacial score (nSPS) is 13.6. The van der Waals surface area contributed by atoms with E-state index in [1.165, 1.54) is 23.5 Å². The van der Waals surface area contributed by atoms with E-state index in [1.807, 2.05) is 4.90 Å². The van der Waals surface area contributed by atoms with Crippen molar-refractivity contribution in [2.24, 2.45) is 0 Å². The standard InChI is InChI=1S/C21H22FN3O2S/c1-4-10-25(13-21(3,27)5-2)11-17-23-19(26)18-15(12-28-20(18)24-17)14-8-6-7-9-16(14)22/h4-9,12,27H,1-2,10-11,13H2,3H3,(H,23,24,26). The molecule has 0 spiro atoms. The van der Waals surface area contributed by atoms with E-state index in [9.17, 15) is 14.3 Å². The number of fused-ring (bicyclic) bond motifs is 1. The van der Waals surface area contributed by atoms with Gasteiger partial charge in [0.1, 0.15) is 16.5 Å². The predicted octanol–water partition coefficient (Wildman–Crippen LogP) is 3.72. The van der Waals surface area contributed by atoms with Crippen LogP contribution in [-0.2, 0) is 6.54 Å². The number of nitrogens with zero attached hydrogens (tertiary/aromatic N) is 2. The van der Waals surface area contributed by atoms with Crippen LogP contribution in [0.3, 0.4) is 0 Å². The van der Waals surface area contributed by atoms with Crippen molar-refractivity contribution in [1.29, 1.82) is 0 Å². The maximum absolute atomic E-state index is 14.2. The number of H-pyrrole nitrogens is 1. The fourth-order valence-electron chi connectivity index (χ4n) is 3.04. The van der Waals surface area contributed by atoms with Crippen LogP contribution in [0.15, 0.2) is 59.7 Å². The van der Waals surface area contributed by atoms with Crippen molar-refractivity contribution < 1.29 is 9.50 Å². The minimum absolute atomic E-state index is 0.312. The predicted molar refractivity (Wildman–Crippen MR) is 112 cm³/mol. The minimum Gasteiger partial charge on any atom is -0.385 e. The fourth-order valence-corrected chi connectivity index (χ4v) is 4.00. The van der Waals surface area contributed by atoms with E-state index in [4.69, 9.17) is 0 Å². The van der Waals surface area contributed by atoms with Gasteiger partial charge in [0.05, 0.1) is 17.5 Å². The summed E-state index contributed by atoms with van der Waals surface area (Å²) in [6.45, 7) is 10.2. The van der Waals surface area contributed by atoms with Crippen molar-refractivity contribution in [2.45, 2.75) is 19.1 Å². The summed E-state index contributed by atoms with van der Waals surface area (Å²) in [4.78, 5) is 22.5. The van der Waals surface area contributed by atoms with Gasteiger partial charge in [0, 0.05) is 29.6 Å². The lowest BCUT2D eigenvalue weighted by Crippen LogP contribution is -2.39. The molecule has 3 rings (SSSR count). The van der Waals surface area contributed by atoms with Crippen molar-refractivity contribution in [3.05, 3.63) is 77.0 Å². The Hall–Kier alpha value is -2.61. The van der Waals surface area contributed by atoms with Crippen molar-refractivity contribution >= 4 is 21.6 Å². The Kier molecular flexibility index (Phi) is 5.88. The highest BCUT2D eigenvalue weighted by molar-refractivity contribution is 7.17. The Labute approximate surface area is 166 Å². The highest BCUT2D eigenvalue weighted by atomic mass is 32.1. The zero-order valence-electron chi connectivity index (χ0n) is 15.6. The zero-order chi connectivity index (χ0) is 20.3. The van der Waals surface area contributed by atoms with Gasteiger partial charge in [-0.2, -0.15) is 0 Å². The van der Waals surface area contributed by atoms with Gasteiger partial charge in [0.2, 0.25) is 0 Å². The van der Waals surface area contributed by atoms with Gasteiger partial charge in [-0.3, -0.25) is 9.69 Å². The number of aromatic amines is 1. The molecule has 2 aromatic heterocycles. The number of halogens is 1. The summed E-state index contributed by atoms with van der Waals surface area (Å²) < 4.78 is 14.2. The molecule has 28 heavy (non-hydrogen) atoms. The van der Waals surface area contributed by atoms with Crippen molar-refractivity contribution in [2.75, 3.05) is 13.1 Å². The maximum Gasteiger partial charge on any atom is 0.260 e. The average molecular weight is 399 g/mol. The van der Waals surface area contributed by atoms with Crippen LogP contribution in [-0.4, -0.2) is 38.7 Å². The number of nitrogens with one attached hydrogen (secondary N) is 1. The summed E-state index contributed by atoms with van der Waals surface area (Å²) in [6.07, 6.45) is 3.19. The highest BCUT2D eigenvalue weighted by Crippen LogP contribution is 2.32. The molecule has 1 atom stereocenters. The summed E-state index contributed by atoms with van der Waals surface area (Å²) in [6, 6.07) is 6.36. The molecule has 0 fully saturated rings. The number of aliphatic hydroxyl groups is 1. The Morgan fingerprint density at radius 2 is 2.11 bits per heavy atom. The Morgan fingerprint density at radius 3 is 2.79 bits per heavy atom. The first-order valence-electron chi connectivity index (χ1n) is 8.79. The molecule has 0 saturated carbocycles. The third kappa shape index (κ3) is 4.27. The molecule has 0 aliphatic rings. The van der Waals surface area contributed by atoms with E-state index in [1.54, 1.807) is 36.6 Å². The quantitative estimate of drug-likeness (QED) is 0.567. The van der Waals surface area contributed by atoms with Crippen molar-refractivity contribution in [3.63, 3.8) is 0 Å². The molecule has 0 saturated heterocycles. The lowest BCUT2D eigenvalue weighted by Gasteiger charge is -2.28. The average Bonchev–Trinajstić information content (AvgIpc) is 3.06. The summed E-state index contributed by atoms with van der Waals surface area (Å²) in [5.41, 5.74) is -0.470. The Bertz CT molecular complexity index is 1070. The van der Waals surface area contributed by atoms with Crippen molar-refractivity contribution in [1.82, 2.24) is 14.9 Å². The highest BCUT2D eigenvalue weighted by Gasteiger charge is 2.21. The maximum atomic E-state index is 14.2. The lowest BCUT2D eigenvalue weighted by molar-refractivity contribution is 0.0627. The number of benzene rings is 1. The summed E-state index contributed by atoms with van der Waals surface area (Å²) in [5, 5.41) is 12.4. The van der Waals surface area contributed by atoms with Gasteiger partial charge in [-0.15, -0.1) is 24.5 Å². The molecule has 1 unspecified atom stereocenters. The number of thiophene rings is 1. The third-order valence-electron chi connectivity index (χ3n) is 4.40. The number of hydrogen-bond donors (Lipinski definition) is 2. The molecule has 7 heteroatoms. The molecule has 146 valence electrons. The van der Waals surface area contributed by atoms with Crippen LogP contribution in [0.1, 0.15) is 12.7 Å². The van der Waals surface area contributed by atoms with Crippen LogP contribution in [0, 0.1) is 5.82 Å². The largest absolute Gasteiger partial charge is 0.385 e. The summed E-state index contributed by atoms with van der Waals surface area (Å²) in [7, 11) is 0. The van der Waals surface area contributed by atoms with Crippen molar-refractivity contribution in [3.8, 4) is 11.1 Å². The molecule has 0 radical (unpaired) electrons. The van der Waals surface area contributed by atoms with Gasteiger partial charge < -0.3 is 10.1 Å². The molecule has 0 aliphatic carbocycles. The molecular weight excluding hydrogens is 377 g/mol. The molecule has 0 aliphatic heterocycles. The summed E-state index contributed by atoms with van der Waals surface area (Å²) in [5.74, 6) is 0.0932. The first-order valence-corrected chi connectivity index (χ1v) is 9.67. The van der Waals surface area contributed by atoms with Crippen LogP contribution < -0.4 is 5.56 Å². The third-order valence-corrected chi connectivity index (χ3v) is 5.27. The fraction of sp³-hybridized carbons (Fsp3) is 0.238. The van der Waals surface area contributed by atoms with E-state index in [-0.39, 0.29) is 11.4 Å². The van der Waals surface area contributed by atoms with Crippen LogP contribution in [0.5, 0.6) is 0 Å². The van der Waals surface area contributed by atoms with Gasteiger partial charge in [-0.05, 0) is 13.0 Å². The van der Waals surface area contributed by atoms with E-state index >= 15 is 0 Å².